The zero-order valence-corrected chi connectivity index (χ0v) is 11.6. The van der Waals surface area contributed by atoms with Crippen LogP contribution in [0.15, 0.2) is 47.6 Å². The van der Waals surface area contributed by atoms with E-state index in [1.165, 1.54) is 12.3 Å². The fraction of sp³-hybridized carbons (Fsp3) is 0. The number of carbonyl (C=O) groups excluding carboxylic acids is 1. The molecule has 0 amide bonds. The number of carbonyl (C=O) groups is 1. The molecule has 0 saturated heterocycles. The largest absolute Gasteiger partial charge is 0.301 e. The highest BCUT2D eigenvalue weighted by Crippen LogP contribution is 2.28. The van der Waals surface area contributed by atoms with Crippen molar-refractivity contribution in [1.29, 1.82) is 0 Å². The van der Waals surface area contributed by atoms with Gasteiger partial charge < -0.3 is 0 Å². The van der Waals surface area contributed by atoms with Gasteiger partial charge in [-0.2, -0.15) is 5.10 Å². The van der Waals surface area contributed by atoms with E-state index in [4.69, 9.17) is 0 Å². The molecule has 0 heterocycles. The third-order valence-corrected chi connectivity index (χ3v) is 2.86. The molecule has 0 fully saturated rings. The summed E-state index contributed by atoms with van der Waals surface area (Å²) < 4.78 is 0. The SMILES string of the molecule is O=Cc1ccc(/C=N/Nc2ccc([N+](=O)[O-])cc2[N+](=O)[O-])cc1. The fourth-order valence-corrected chi connectivity index (χ4v) is 1.72. The van der Waals surface area contributed by atoms with Crippen molar-refractivity contribution < 1.29 is 14.6 Å². The van der Waals surface area contributed by atoms with Crippen molar-refractivity contribution in [3.63, 3.8) is 0 Å². The van der Waals surface area contributed by atoms with E-state index in [2.05, 4.69) is 10.5 Å². The fourth-order valence-electron chi connectivity index (χ4n) is 1.72. The monoisotopic (exact) mass is 314 g/mol. The average molecular weight is 314 g/mol. The minimum atomic E-state index is -0.732. The van der Waals surface area contributed by atoms with Crippen LogP contribution in [0.25, 0.3) is 0 Å². The van der Waals surface area contributed by atoms with Crippen molar-refractivity contribution >= 4 is 29.6 Å². The van der Waals surface area contributed by atoms with Gasteiger partial charge in [0.15, 0.2) is 0 Å². The number of nitro groups is 2. The summed E-state index contributed by atoms with van der Waals surface area (Å²) in [4.78, 5) is 30.7. The molecule has 9 heteroatoms. The summed E-state index contributed by atoms with van der Waals surface area (Å²) in [6.45, 7) is 0. The number of non-ortho nitro benzene ring substituents is 1. The third-order valence-electron chi connectivity index (χ3n) is 2.86. The van der Waals surface area contributed by atoms with Gasteiger partial charge >= 0.3 is 5.69 Å². The van der Waals surface area contributed by atoms with Crippen LogP contribution >= 0.6 is 0 Å². The molecule has 2 aromatic carbocycles. The van der Waals surface area contributed by atoms with Crippen LogP contribution in [0.4, 0.5) is 17.1 Å². The second-order valence-electron chi connectivity index (χ2n) is 4.37. The summed E-state index contributed by atoms with van der Waals surface area (Å²) in [5, 5.41) is 25.5. The van der Waals surface area contributed by atoms with Gasteiger partial charge in [0.05, 0.1) is 22.1 Å². The molecule has 0 atom stereocenters. The smallest absolute Gasteiger partial charge is 0.298 e. The summed E-state index contributed by atoms with van der Waals surface area (Å²) in [6, 6.07) is 9.72. The number of nitro benzene ring substituents is 2. The first-order valence-electron chi connectivity index (χ1n) is 6.28. The van der Waals surface area contributed by atoms with E-state index in [0.717, 1.165) is 12.1 Å². The molecular weight excluding hydrogens is 304 g/mol. The highest BCUT2D eigenvalue weighted by atomic mass is 16.6. The number of anilines is 1. The third kappa shape index (κ3) is 3.94. The number of hydrazone groups is 1. The molecule has 0 aliphatic carbocycles. The van der Waals surface area contributed by atoms with Gasteiger partial charge in [0.1, 0.15) is 12.0 Å². The van der Waals surface area contributed by atoms with Gasteiger partial charge in [0, 0.05) is 11.6 Å². The van der Waals surface area contributed by atoms with Crippen molar-refractivity contribution in [2.24, 2.45) is 5.10 Å². The zero-order valence-electron chi connectivity index (χ0n) is 11.6. The minimum Gasteiger partial charge on any atom is -0.298 e. The van der Waals surface area contributed by atoms with Crippen molar-refractivity contribution in [2.45, 2.75) is 0 Å². The Morgan fingerprint density at radius 3 is 2.17 bits per heavy atom. The van der Waals surface area contributed by atoms with Crippen LogP contribution in [0.3, 0.4) is 0 Å². The Kier molecular flexibility index (Phi) is 4.72. The van der Waals surface area contributed by atoms with Gasteiger partial charge in [-0.1, -0.05) is 24.3 Å². The number of hydrogen-bond donors (Lipinski definition) is 1. The summed E-state index contributed by atoms with van der Waals surface area (Å²) in [5.74, 6) is 0. The van der Waals surface area contributed by atoms with E-state index in [0.29, 0.717) is 17.4 Å². The molecule has 0 spiro atoms. The van der Waals surface area contributed by atoms with Gasteiger partial charge in [-0.15, -0.1) is 0 Å². The van der Waals surface area contributed by atoms with E-state index >= 15 is 0 Å². The Morgan fingerprint density at radius 1 is 0.957 bits per heavy atom. The predicted octanol–water partition coefficient (Wildman–Crippen LogP) is 2.76. The van der Waals surface area contributed by atoms with Crippen LogP contribution < -0.4 is 5.43 Å². The van der Waals surface area contributed by atoms with E-state index in [9.17, 15) is 25.0 Å². The maximum atomic E-state index is 11.0. The maximum absolute atomic E-state index is 11.0. The lowest BCUT2D eigenvalue weighted by atomic mass is 10.2. The first kappa shape index (κ1) is 15.8. The number of benzene rings is 2. The molecule has 1 N–H and O–H groups in total. The lowest BCUT2D eigenvalue weighted by molar-refractivity contribution is -0.393. The standard InChI is InChI=1S/C14H10N4O5/c19-9-11-3-1-10(2-4-11)8-15-16-13-6-5-12(17(20)21)7-14(13)18(22)23/h1-9,16H/b15-8+. The van der Waals surface area contributed by atoms with Crippen molar-refractivity contribution in [3.8, 4) is 0 Å². The van der Waals surface area contributed by atoms with E-state index in [1.807, 2.05) is 0 Å². The van der Waals surface area contributed by atoms with Crippen LogP contribution in [0, 0.1) is 20.2 Å². The number of rotatable bonds is 6. The average Bonchev–Trinajstić information content (AvgIpc) is 2.55. The second-order valence-corrected chi connectivity index (χ2v) is 4.37. The Hall–Kier alpha value is -3.62. The number of nitrogens with zero attached hydrogens (tertiary/aromatic N) is 3. The molecule has 0 aliphatic heterocycles. The van der Waals surface area contributed by atoms with Crippen LogP contribution in [0.1, 0.15) is 15.9 Å². The van der Waals surface area contributed by atoms with Crippen LogP contribution in [0.2, 0.25) is 0 Å². The quantitative estimate of drug-likeness (QED) is 0.378. The van der Waals surface area contributed by atoms with E-state index < -0.39 is 15.5 Å². The minimum absolute atomic E-state index is 0.0290. The van der Waals surface area contributed by atoms with Crippen molar-refractivity contribution in [2.75, 3.05) is 5.43 Å². The Morgan fingerprint density at radius 2 is 1.61 bits per heavy atom. The first-order chi connectivity index (χ1) is 11.0. The van der Waals surface area contributed by atoms with Gasteiger partial charge in [0.2, 0.25) is 0 Å². The van der Waals surface area contributed by atoms with Gasteiger partial charge in [-0.3, -0.25) is 30.4 Å². The topological polar surface area (TPSA) is 128 Å². The Bertz CT molecular complexity index is 786. The van der Waals surface area contributed by atoms with Gasteiger partial charge in [-0.25, -0.2) is 0 Å². The zero-order chi connectivity index (χ0) is 16.8. The first-order valence-corrected chi connectivity index (χ1v) is 6.28. The summed E-state index contributed by atoms with van der Waals surface area (Å²) in [5.41, 5.74) is 2.86. The van der Waals surface area contributed by atoms with Crippen molar-refractivity contribution in [1.82, 2.24) is 0 Å². The predicted molar refractivity (Wildman–Crippen MR) is 82.8 cm³/mol. The highest BCUT2D eigenvalue weighted by molar-refractivity contribution is 5.83. The maximum Gasteiger partial charge on any atom is 0.301 e. The van der Waals surface area contributed by atoms with Crippen LogP contribution in [-0.2, 0) is 0 Å². The second kappa shape index (κ2) is 6.89. The molecule has 0 saturated carbocycles. The number of hydrogen-bond acceptors (Lipinski definition) is 7. The Labute approximate surface area is 129 Å². The number of nitrogens with one attached hydrogen (secondary N) is 1. The molecule has 2 rings (SSSR count). The summed E-state index contributed by atoms with van der Waals surface area (Å²) in [6.07, 6.45) is 2.11. The molecule has 0 aromatic heterocycles. The number of aldehydes is 1. The van der Waals surface area contributed by atoms with Crippen molar-refractivity contribution in [3.05, 3.63) is 73.8 Å². The normalized spacial score (nSPS) is 10.4. The molecule has 9 nitrogen and oxygen atoms in total. The lowest BCUT2D eigenvalue weighted by Crippen LogP contribution is -1.98. The molecule has 0 aliphatic rings. The lowest BCUT2D eigenvalue weighted by Gasteiger charge is -2.02. The summed E-state index contributed by atoms with van der Waals surface area (Å²) >= 11 is 0. The van der Waals surface area contributed by atoms with Crippen LogP contribution in [-0.4, -0.2) is 22.3 Å². The highest BCUT2D eigenvalue weighted by Gasteiger charge is 2.18. The van der Waals surface area contributed by atoms with Gasteiger partial charge in [-0.05, 0) is 11.6 Å². The van der Waals surface area contributed by atoms with E-state index in [1.54, 1.807) is 24.3 Å². The molecule has 0 bridgehead atoms. The van der Waals surface area contributed by atoms with E-state index in [-0.39, 0.29) is 11.4 Å². The molecule has 116 valence electrons. The molecule has 0 radical (unpaired) electrons. The molecule has 23 heavy (non-hydrogen) atoms. The summed E-state index contributed by atoms with van der Waals surface area (Å²) in [7, 11) is 0. The van der Waals surface area contributed by atoms with Gasteiger partial charge in [0.25, 0.3) is 5.69 Å². The molecular formula is C14H10N4O5. The van der Waals surface area contributed by atoms with Crippen LogP contribution in [0.5, 0.6) is 0 Å². The molecule has 2 aromatic rings. The molecule has 0 unspecified atom stereocenters. The Balaban J connectivity index is 2.18.